The van der Waals surface area contributed by atoms with Crippen LogP contribution in [-0.2, 0) is 9.59 Å². The van der Waals surface area contributed by atoms with Crippen molar-refractivity contribution < 1.29 is 19.1 Å². The van der Waals surface area contributed by atoms with E-state index >= 15 is 0 Å². The third-order valence-electron chi connectivity index (χ3n) is 7.13. The lowest BCUT2D eigenvalue weighted by Crippen LogP contribution is -2.59. The van der Waals surface area contributed by atoms with Gasteiger partial charge in [0, 0.05) is 42.8 Å². The van der Waals surface area contributed by atoms with Gasteiger partial charge in [-0.2, -0.15) is 0 Å². The molecule has 168 valence electrons. The fraction of sp³-hybridized carbons (Fsp3) is 0.440. The quantitative estimate of drug-likeness (QED) is 0.773. The standard InChI is InChI=1S/C25H29N3O4/c1-5-6-7-18-14(2)17-10-21-25(30)27(4)12-23(29)28(21)20(11-19(17)26-18)16-8-9-22-24(15(16)3)32-13-31-22/h5-9,14,20-21,26H,10-13H2,1-4H3/b6-5-,18-7+/t14?,20-,21+/m0/s1. The Hall–Kier alpha value is -3.22. The third kappa shape index (κ3) is 3.10. The molecule has 1 unspecified atom stereocenters. The highest BCUT2D eigenvalue weighted by molar-refractivity contribution is 5.95. The molecule has 0 spiro atoms. The van der Waals surface area contributed by atoms with Gasteiger partial charge >= 0.3 is 0 Å². The number of ether oxygens (including phenoxy) is 2. The fourth-order valence-corrected chi connectivity index (χ4v) is 5.41. The van der Waals surface area contributed by atoms with E-state index in [0.29, 0.717) is 12.8 Å². The molecule has 3 atom stereocenters. The second-order valence-corrected chi connectivity index (χ2v) is 8.95. The molecule has 32 heavy (non-hydrogen) atoms. The Kier molecular flexibility index (Phi) is 4.99. The van der Waals surface area contributed by atoms with Gasteiger partial charge in [-0.3, -0.25) is 9.59 Å². The Morgan fingerprint density at radius 2 is 1.97 bits per heavy atom. The predicted octanol–water partition coefficient (Wildman–Crippen LogP) is 3.18. The van der Waals surface area contributed by atoms with E-state index in [1.54, 1.807) is 11.9 Å². The Morgan fingerprint density at radius 1 is 1.16 bits per heavy atom. The predicted molar refractivity (Wildman–Crippen MR) is 120 cm³/mol. The minimum absolute atomic E-state index is 0.000157. The summed E-state index contributed by atoms with van der Waals surface area (Å²) in [5.41, 5.74) is 5.42. The lowest BCUT2D eigenvalue weighted by molar-refractivity contribution is -0.157. The molecule has 0 radical (unpaired) electrons. The first-order chi connectivity index (χ1) is 15.4. The number of amides is 2. The van der Waals surface area contributed by atoms with E-state index in [2.05, 4.69) is 18.3 Å². The van der Waals surface area contributed by atoms with E-state index in [0.717, 1.165) is 34.0 Å². The summed E-state index contributed by atoms with van der Waals surface area (Å²) in [6, 6.07) is 3.16. The smallest absolute Gasteiger partial charge is 0.245 e. The van der Waals surface area contributed by atoms with Gasteiger partial charge in [0.2, 0.25) is 18.6 Å². The van der Waals surface area contributed by atoms with E-state index in [9.17, 15) is 9.59 Å². The van der Waals surface area contributed by atoms with Gasteiger partial charge in [-0.15, -0.1) is 0 Å². The number of hydrogen-bond acceptors (Lipinski definition) is 5. The SMILES string of the molecule is C/C=C\C=C1\NC2=C(C[C@@H]3C(=O)N(C)CC(=O)N3[C@H](c3ccc4c(c3C)OCO4)C2)C1C. The van der Waals surface area contributed by atoms with Gasteiger partial charge in [0.05, 0.1) is 12.6 Å². The normalized spacial score (nSPS) is 28.4. The van der Waals surface area contributed by atoms with Crippen molar-refractivity contribution in [3.05, 3.63) is 58.5 Å². The molecule has 0 aliphatic carbocycles. The zero-order chi connectivity index (χ0) is 22.6. The van der Waals surface area contributed by atoms with Gasteiger partial charge in [0.25, 0.3) is 0 Å². The highest BCUT2D eigenvalue weighted by Gasteiger charge is 2.47. The first-order valence-electron chi connectivity index (χ1n) is 11.2. The lowest BCUT2D eigenvalue weighted by Gasteiger charge is -2.43. The fourth-order valence-electron chi connectivity index (χ4n) is 5.41. The molecular weight excluding hydrogens is 406 g/mol. The first-order valence-corrected chi connectivity index (χ1v) is 11.2. The Bertz CT molecular complexity index is 1090. The van der Waals surface area contributed by atoms with E-state index in [-0.39, 0.29) is 37.1 Å². The monoisotopic (exact) mass is 435 g/mol. The minimum atomic E-state index is -0.506. The number of rotatable bonds is 2. The van der Waals surface area contributed by atoms with Crippen LogP contribution in [0.1, 0.15) is 43.9 Å². The van der Waals surface area contributed by atoms with Crippen LogP contribution in [0.3, 0.4) is 0 Å². The number of allylic oxidation sites excluding steroid dienone is 4. The second-order valence-electron chi connectivity index (χ2n) is 8.95. The molecule has 1 N–H and O–H groups in total. The maximum atomic E-state index is 13.3. The number of piperazine rings is 1. The lowest BCUT2D eigenvalue weighted by atomic mass is 9.92. The molecule has 0 aromatic heterocycles. The van der Waals surface area contributed by atoms with E-state index in [4.69, 9.17) is 9.47 Å². The van der Waals surface area contributed by atoms with Crippen molar-refractivity contribution in [2.24, 2.45) is 5.92 Å². The molecule has 1 saturated heterocycles. The van der Waals surface area contributed by atoms with E-state index in [1.165, 1.54) is 5.57 Å². The van der Waals surface area contributed by atoms with Crippen molar-refractivity contribution in [2.75, 3.05) is 20.4 Å². The van der Waals surface area contributed by atoms with Crippen molar-refractivity contribution in [1.82, 2.24) is 15.1 Å². The Balaban J connectivity index is 1.62. The van der Waals surface area contributed by atoms with Crippen LogP contribution in [0.15, 0.2) is 47.3 Å². The largest absolute Gasteiger partial charge is 0.454 e. The number of fused-ring (bicyclic) bond motifs is 2. The van der Waals surface area contributed by atoms with E-state index in [1.807, 2.05) is 43.0 Å². The molecule has 4 heterocycles. The van der Waals surface area contributed by atoms with Crippen LogP contribution >= 0.6 is 0 Å². The maximum absolute atomic E-state index is 13.3. The summed E-state index contributed by atoms with van der Waals surface area (Å²) in [7, 11) is 1.71. The van der Waals surface area contributed by atoms with Crippen LogP contribution in [0.5, 0.6) is 11.5 Å². The molecule has 7 nitrogen and oxygen atoms in total. The number of nitrogens with zero attached hydrogens (tertiary/aromatic N) is 2. The summed E-state index contributed by atoms with van der Waals surface area (Å²) in [4.78, 5) is 29.9. The van der Waals surface area contributed by atoms with Gasteiger partial charge in [0.15, 0.2) is 11.5 Å². The van der Waals surface area contributed by atoms with Crippen LogP contribution in [-0.4, -0.2) is 48.0 Å². The maximum Gasteiger partial charge on any atom is 0.245 e. The molecule has 1 fully saturated rings. The molecule has 1 aromatic carbocycles. The molecular formula is C25H29N3O4. The molecule has 5 rings (SSSR count). The molecule has 0 saturated carbocycles. The summed E-state index contributed by atoms with van der Waals surface area (Å²) < 4.78 is 11.3. The van der Waals surface area contributed by atoms with Gasteiger partial charge in [-0.05, 0) is 37.1 Å². The van der Waals surface area contributed by atoms with Gasteiger partial charge < -0.3 is 24.6 Å². The van der Waals surface area contributed by atoms with Crippen LogP contribution in [0.4, 0.5) is 0 Å². The second kappa shape index (κ2) is 7.73. The summed E-state index contributed by atoms with van der Waals surface area (Å²) in [6.07, 6.45) is 7.31. The molecule has 4 aliphatic rings. The summed E-state index contributed by atoms with van der Waals surface area (Å²) in [5.74, 6) is 1.61. The summed E-state index contributed by atoms with van der Waals surface area (Å²) in [5, 5.41) is 3.61. The molecule has 2 amide bonds. The average molecular weight is 436 g/mol. The van der Waals surface area contributed by atoms with Crippen molar-refractivity contribution >= 4 is 11.8 Å². The van der Waals surface area contributed by atoms with E-state index < -0.39 is 6.04 Å². The zero-order valence-electron chi connectivity index (χ0n) is 19.0. The number of carbonyl (C=O) groups excluding carboxylic acids is 2. The third-order valence-corrected chi connectivity index (χ3v) is 7.13. The highest BCUT2D eigenvalue weighted by atomic mass is 16.7. The number of nitrogens with one attached hydrogen (secondary N) is 1. The van der Waals surface area contributed by atoms with Gasteiger partial charge in [-0.1, -0.05) is 25.1 Å². The molecule has 0 bridgehead atoms. The van der Waals surface area contributed by atoms with Crippen LogP contribution < -0.4 is 14.8 Å². The van der Waals surface area contributed by atoms with Crippen molar-refractivity contribution in [2.45, 2.75) is 45.7 Å². The topological polar surface area (TPSA) is 71.1 Å². The van der Waals surface area contributed by atoms with Crippen LogP contribution in [0.25, 0.3) is 0 Å². The number of hydrogen-bond donors (Lipinski definition) is 1. The molecule has 1 aromatic rings. The summed E-state index contributed by atoms with van der Waals surface area (Å²) >= 11 is 0. The van der Waals surface area contributed by atoms with Crippen molar-refractivity contribution in [1.29, 1.82) is 0 Å². The number of likely N-dealkylation sites (N-methyl/N-ethyl adjacent to an activating group) is 1. The Labute approximate surface area is 188 Å². The number of carbonyl (C=O) groups is 2. The zero-order valence-corrected chi connectivity index (χ0v) is 19.0. The number of benzene rings is 1. The van der Waals surface area contributed by atoms with Crippen molar-refractivity contribution in [3.8, 4) is 11.5 Å². The first kappa shape index (κ1) is 20.7. The minimum Gasteiger partial charge on any atom is -0.454 e. The van der Waals surface area contributed by atoms with Crippen LogP contribution in [0, 0.1) is 12.8 Å². The average Bonchev–Trinajstić information content (AvgIpc) is 3.31. The van der Waals surface area contributed by atoms with Crippen LogP contribution in [0.2, 0.25) is 0 Å². The van der Waals surface area contributed by atoms with Gasteiger partial charge in [-0.25, -0.2) is 0 Å². The summed E-state index contributed by atoms with van der Waals surface area (Å²) in [6.45, 7) is 6.47. The Morgan fingerprint density at radius 3 is 2.75 bits per heavy atom. The van der Waals surface area contributed by atoms with Gasteiger partial charge in [0.1, 0.15) is 6.04 Å². The highest BCUT2D eigenvalue weighted by Crippen LogP contribution is 2.47. The molecule has 4 aliphatic heterocycles. The van der Waals surface area contributed by atoms with Crippen molar-refractivity contribution in [3.63, 3.8) is 0 Å². The molecule has 7 heteroatoms.